The summed E-state index contributed by atoms with van der Waals surface area (Å²) in [6.07, 6.45) is 3.57. The summed E-state index contributed by atoms with van der Waals surface area (Å²) < 4.78 is 1.88. The van der Waals surface area contributed by atoms with Crippen molar-refractivity contribution in [3.63, 3.8) is 0 Å². The van der Waals surface area contributed by atoms with Crippen LogP contribution in [0, 0.1) is 6.92 Å². The quantitative estimate of drug-likeness (QED) is 0.633. The van der Waals surface area contributed by atoms with Crippen molar-refractivity contribution in [2.75, 3.05) is 5.73 Å². The molecule has 0 amide bonds. The summed E-state index contributed by atoms with van der Waals surface area (Å²) in [6.45, 7) is 2.01. The van der Waals surface area contributed by atoms with E-state index < -0.39 is 0 Å². The standard InChI is InChI=1S/C10H10N6/c1-6-2-3-16-8(4-6)13-15-10(16)7-5-12-14-9(7)11/h2-5H,1H3,(H3,11,12,14). The minimum Gasteiger partial charge on any atom is -0.383 e. The number of nitrogens with zero attached hydrogens (tertiary/aromatic N) is 4. The molecule has 0 fully saturated rings. The third-order valence-corrected chi connectivity index (χ3v) is 2.48. The number of aryl methyl sites for hydroxylation is 1. The van der Waals surface area contributed by atoms with Crippen LogP contribution in [0.15, 0.2) is 24.5 Å². The van der Waals surface area contributed by atoms with Crippen LogP contribution in [0.3, 0.4) is 0 Å². The second kappa shape index (κ2) is 3.06. The SMILES string of the molecule is Cc1ccn2c(-c3cn[nH]c3N)nnc2c1. The number of anilines is 1. The van der Waals surface area contributed by atoms with E-state index in [-0.39, 0.29) is 0 Å². The second-order valence-corrected chi connectivity index (χ2v) is 3.65. The van der Waals surface area contributed by atoms with E-state index in [0.717, 1.165) is 16.8 Å². The molecule has 0 unspecified atom stereocenters. The molecule has 3 aromatic rings. The zero-order valence-corrected chi connectivity index (χ0v) is 8.68. The molecule has 3 heterocycles. The number of H-pyrrole nitrogens is 1. The van der Waals surface area contributed by atoms with E-state index in [1.54, 1.807) is 6.20 Å². The van der Waals surface area contributed by atoms with Crippen LogP contribution >= 0.6 is 0 Å². The highest BCUT2D eigenvalue weighted by Crippen LogP contribution is 2.22. The Bertz CT molecular complexity index is 650. The van der Waals surface area contributed by atoms with E-state index in [1.807, 2.05) is 29.7 Å². The van der Waals surface area contributed by atoms with Crippen LogP contribution in [0.1, 0.15) is 5.56 Å². The number of aromatic nitrogens is 5. The minimum atomic E-state index is 0.495. The third kappa shape index (κ3) is 1.16. The van der Waals surface area contributed by atoms with Gasteiger partial charge in [0.25, 0.3) is 0 Å². The fourth-order valence-corrected chi connectivity index (χ4v) is 1.65. The van der Waals surface area contributed by atoms with Gasteiger partial charge in [0.05, 0.1) is 11.8 Å². The summed E-state index contributed by atoms with van der Waals surface area (Å²) >= 11 is 0. The van der Waals surface area contributed by atoms with Crippen molar-refractivity contribution in [1.29, 1.82) is 0 Å². The average Bonchev–Trinajstić information content (AvgIpc) is 2.83. The molecule has 80 valence electrons. The Morgan fingerprint density at radius 3 is 3.00 bits per heavy atom. The van der Waals surface area contributed by atoms with Crippen LogP contribution < -0.4 is 5.73 Å². The van der Waals surface area contributed by atoms with Crippen LogP contribution in [0.25, 0.3) is 17.0 Å². The van der Waals surface area contributed by atoms with Crippen molar-refractivity contribution in [2.24, 2.45) is 0 Å². The molecule has 6 heteroatoms. The fourth-order valence-electron chi connectivity index (χ4n) is 1.65. The molecule has 0 radical (unpaired) electrons. The highest BCUT2D eigenvalue weighted by Gasteiger charge is 2.12. The smallest absolute Gasteiger partial charge is 0.173 e. The molecule has 0 aliphatic heterocycles. The molecule has 0 spiro atoms. The second-order valence-electron chi connectivity index (χ2n) is 3.65. The molecule has 3 aromatic heterocycles. The molecule has 3 N–H and O–H groups in total. The van der Waals surface area contributed by atoms with Crippen LogP contribution in [-0.2, 0) is 0 Å². The summed E-state index contributed by atoms with van der Waals surface area (Å²) in [4.78, 5) is 0. The predicted molar refractivity (Wildman–Crippen MR) is 59.7 cm³/mol. The molecule has 0 aromatic carbocycles. The first-order valence-electron chi connectivity index (χ1n) is 4.86. The maximum Gasteiger partial charge on any atom is 0.173 e. The van der Waals surface area contributed by atoms with Gasteiger partial charge in [0, 0.05) is 6.20 Å². The highest BCUT2D eigenvalue weighted by atomic mass is 15.3. The van der Waals surface area contributed by atoms with Gasteiger partial charge in [-0.2, -0.15) is 5.10 Å². The van der Waals surface area contributed by atoms with Crippen molar-refractivity contribution in [1.82, 2.24) is 24.8 Å². The lowest BCUT2D eigenvalue weighted by Crippen LogP contribution is -1.92. The zero-order valence-electron chi connectivity index (χ0n) is 8.68. The first-order valence-corrected chi connectivity index (χ1v) is 4.86. The Balaban J connectivity index is 2.30. The number of hydrogen-bond donors (Lipinski definition) is 2. The Morgan fingerprint density at radius 2 is 2.25 bits per heavy atom. The molecule has 0 aliphatic carbocycles. The van der Waals surface area contributed by atoms with Crippen molar-refractivity contribution in [2.45, 2.75) is 6.92 Å². The number of nitrogen functional groups attached to an aromatic ring is 1. The van der Waals surface area contributed by atoms with Crippen LogP contribution in [0.2, 0.25) is 0 Å². The number of fused-ring (bicyclic) bond motifs is 1. The number of nitrogens with two attached hydrogens (primary N) is 1. The van der Waals surface area contributed by atoms with Crippen molar-refractivity contribution >= 4 is 11.5 Å². The van der Waals surface area contributed by atoms with Gasteiger partial charge in [-0.05, 0) is 24.6 Å². The summed E-state index contributed by atoms with van der Waals surface area (Å²) in [7, 11) is 0. The number of rotatable bonds is 1. The number of hydrogen-bond acceptors (Lipinski definition) is 4. The van der Waals surface area contributed by atoms with Crippen LogP contribution in [0.4, 0.5) is 5.82 Å². The van der Waals surface area contributed by atoms with E-state index in [1.165, 1.54) is 0 Å². The van der Waals surface area contributed by atoms with E-state index in [0.29, 0.717) is 11.6 Å². The third-order valence-electron chi connectivity index (χ3n) is 2.48. The summed E-state index contributed by atoms with van der Waals surface area (Å²) in [5.41, 5.74) is 8.46. The number of aromatic amines is 1. The zero-order chi connectivity index (χ0) is 11.1. The minimum absolute atomic E-state index is 0.495. The van der Waals surface area contributed by atoms with Gasteiger partial charge in [-0.1, -0.05) is 0 Å². The van der Waals surface area contributed by atoms with Gasteiger partial charge in [-0.15, -0.1) is 10.2 Å². The molecular weight excluding hydrogens is 204 g/mol. The maximum absolute atomic E-state index is 5.75. The monoisotopic (exact) mass is 214 g/mol. The van der Waals surface area contributed by atoms with Crippen molar-refractivity contribution < 1.29 is 0 Å². The van der Waals surface area contributed by atoms with Gasteiger partial charge in [-0.25, -0.2) is 0 Å². The summed E-state index contributed by atoms with van der Waals surface area (Å²) in [5, 5.41) is 14.8. The molecule has 0 atom stereocenters. The number of nitrogens with one attached hydrogen (secondary N) is 1. The molecule has 16 heavy (non-hydrogen) atoms. The van der Waals surface area contributed by atoms with Crippen molar-refractivity contribution in [3.8, 4) is 11.4 Å². The molecule has 0 saturated heterocycles. The lowest BCUT2D eigenvalue weighted by Gasteiger charge is -1.98. The Labute approximate surface area is 91.1 Å². The lowest BCUT2D eigenvalue weighted by molar-refractivity contribution is 1.10. The molecule has 3 rings (SSSR count). The Kier molecular flexibility index (Phi) is 1.70. The lowest BCUT2D eigenvalue weighted by atomic mass is 10.3. The molecule has 0 aliphatic rings. The predicted octanol–water partition coefficient (Wildman–Crippen LogP) is 1.01. The Hall–Kier alpha value is -2.37. The highest BCUT2D eigenvalue weighted by molar-refractivity contribution is 5.69. The van der Waals surface area contributed by atoms with E-state index in [4.69, 9.17) is 5.73 Å². The average molecular weight is 214 g/mol. The van der Waals surface area contributed by atoms with Gasteiger partial charge in [0.15, 0.2) is 11.5 Å². The van der Waals surface area contributed by atoms with Gasteiger partial charge in [0.1, 0.15) is 5.82 Å². The molecule has 0 saturated carbocycles. The van der Waals surface area contributed by atoms with Gasteiger partial charge >= 0.3 is 0 Å². The van der Waals surface area contributed by atoms with Gasteiger partial charge in [-0.3, -0.25) is 9.50 Å². The van der Waals surface area contributed by atoms with Crippen LogP contribution in [-0.4, -0.2) is 24.8 Å². The van der Waals surface area contributed by atoms with Gasteiger partial charge in [0.2, 0.25) is 0 Å². The summed E-state index contributed by atoms with van der Waals surface area (Å²) in [6, 6.07) is 3.96. The van der Waals surface area contributed by atoms with Crippen molar-refractivity contribution in [3.05, 3.63) is 30.1 Å². The Morgan fingerprint density at radius 1 is 1.38 bits per heavy atom. The van der Waals surface area contributed by atoms with E-state index in [2.05, 4.69) is 20.4 Å². The summed E-state index contributed by atoms with van der Waals surface area (Å²) in [5.74, 6) is 1.19. The van der Waals surface area contributed by atoms with Crippen LogP contribution in [0.5, 0.6) is 0 Å². The molecule has 6 nitrogen and oxygen atoms in total. The first kappa shape index (κ1) is 8.90. The fraction of sp³-hybridized carbons (Fsp3) is 0.100. The first-order chi connectivity index (χ1) is 7.75. The van der Waals surface area contributed by atoms with Gasteiger partial charge < -0.3 is 5.73 Å². The van der Waals surface area contributed by atoms with E-state index in [9.17, 15) is 0 Å². The normalized spacial score (nSPS) is 11.1. The topological polar surface area (TPSA) is 84.9 Å². The van der Waals surface area contributed by atoms with E-state index >= 15 is 0 Å². The molecule has 0 bridgehead atoms. The number of pyridine rings is 1. The maximum atomic E-state index is 5.75. The molecular formula is C10H10N6. The largest absolute Gasteiger partial charge is 0.383 e.